The van der Waals surface area contributed by atoms with Crippen molar-refractivity contribution in [1.82, 2.24) is 9.97 Å². The molecule has 0 saturated heterocycles. The second kappa shape index (κ2) is 4.03. The summed E-state index contributed by atoms with van der Waals surface area (Å²) in [5.41, 5.74) is 2.00. The van der Waals surface area contributed by atoms with Crippen molar-refractivity contribution in [3.8, 4) is 0 Å². The van der Waals surface area contributed by atoms with Gasteiger partial charge in [0, 0.05) is 5.92 Å². The second-order valence-corrected chi connectivity index (χ2v) is 4.17. The highest BCUT2D eigenvalue weighted by Gasteiger charge is 2.18. The number of aliphatic hydroxyl groups excluding tert-OH is 1. The first kappa shape index (κ1) is 10.2. The molecule has 3 heteroatoms. The first-order chi connectivity index (χ1) is 7.22. The van der Waals surface area contributed by atoms with Crippen molar-refractivity contribution in [2.75, 3.05) is 6.61 Å². The molecule has 2 aromatic rings. The van der Waals surface area contributed by atoms with E-state index in [9.17, 15) is 5.11 Å². The Kier molecular flexibility index (Phi) is 2.73. The monoisotopic (exact) mass is 204 g/mol. The zero-order valence-electron chi connectivity index (χ0n) is 9.07. The van der Waals surface area contributed by atoms with E-state index in [2.05, 4.69) is 23.8 Å². The lowest BCUT2D eigenvalue weighted by Gasteiger charge is -2.14. The summed E-state index contributed by atoms with van der Waals surface area (Å²) in [6.07, 6.45) is 0. The van der Waals surface area contributed by atoms with Crippen LogP contribution in [0.5, 0.6) is 0 Å². The molecule has 1 unspecified atom stereocenters. The fraction of sp³-hybridized carbons (Fsp3) is 0.417. The fourth-order valence-electron chi connectivity index (χ4n) is 1.76. The van der Waals surface area contributed by atoms with Crippen LogP contribution in [-0.4, -0.2) is 21.7 Å². The van der Waals surface area contributed by atoms with E-state index >= 15 is 0 Å². The summed E-state index contributed by atoms with van der Waals surface area (Å²) in [4.78, 5) is 7.75. The van der Waals surface area contributed by atoms with Crippen molar-refractivity contribution >= 4 is 11.0 Å². The summed E-state index contributed by atoms with van der Waals surface area (Å²) >= 11 is 0. The van der Waals surface area contributed by atoms with Crippen molar-refractivity contribution in [3.05, 3.63) is 30.1 Å². The Morgan fingerprint density at radius 2 is 2.07 bits per heavy atom. The van der Waals surface area contributed by atoms with Crippen LogP contribution >= 0.6 is 0 Å². The van der Waals surface area contributed by atoms with Crippen molar-refractivity contribution in [2.24, 2.45) is 5.92 Å². The lowest BCUT2D eigenvalue weighted by atomic mass is 9.96. The Labute approximate surface area is 89.2 Å². The maximum atomic E-state index is 9.32. The number of aliphatic hydroxyl groups is 1. The number of hydrogen-bond donors (Lipinski definition) is 2. The van der Waals surface area contributed by atoms with Gasteiger partial charge in [0.2, 0.25) is 0 Å². The summed E-state index contributed by atoms with van der Waals surface area (Å²) in [6, 6.07) is 7.93. The molecule has 0 spiro atoms. The number of nitrogens with one attached hydrogen (secondary N) is 1. The van der Waals surface area contributed by atoms with Gasteiger partial charge in [-0.2, -0.15) is 0 Å². The third kappa shape index (κ3) is 1.88. The van der Waals surface area contributed by atoms with Gasteiger partial charge in [-0.15, -0.1) is 0 Å². The number of aromatic amines is 1. The smallest absolute Gasteiger partial charge is 0.112 e. The zero-order chi connectivity index (χ0) is 10.8. The van der Waals surface area contributed by atoms with Crippen LogP contribution in [0.2, 0.25) is 0 Å². The zero-order valence-corrected chi connectivity index (χ0v) is 9.07. The molecule has 0 bridgehead atoms. The molecule has 3 nitrogen and oxygen atoms in total. The van der Waals surface area contributed by atoms with E-state index in [0.717, 1.165) is 16.9 Å². The highest BCUT2D eigenvalue weighted by Crippen LogP contribution is 2.23. The number of fused-ring (bicyclic) bond motifs is 1. The summed E-state index contributed by atoms with van der Waals surface area (Å²) in [7, 11) is 0. The first-order valence-corrected chi connectivity index (χ1v) is 5.28. The van der Waals surface area contributed by atoms with Crippen LogP contribution in [0.15, 0.2) is 24.3 Å². The van der Waals surface area contributed by atoms with Crippen molar-refractivity contribution in [2.45, 2.75) is 19.8 Å². The Bertz CT molecular complexity index is 415. The standard InChI is InChI=1S/C12H16N2O/c1-8(2)9(7-15)12-13-10-5-3-4-6-11(10)14-12/h3-6,8-9,15H,7H2,1-2H3,(H,13,14). The van der Waals surface area contributed by atoms with E-state index < -0.39 is 0 Å². The summed E-state index contributed by atoms with van der Waals surface area (Å²) in [6.45, 7) is 4.32. The molecule has 1 aromatic carbocycles. The predicted molar refractivity (Wildman–Crippen MR) is 60.8 cm³/mol. The van der Waals surface area contributed by atoms with E-state index in [-0.39, 0.29) is 12.5 Å². The molecule has 0 amide bonds. The number of rotatable bonds is 3. The van der Waals surface area contributed by atoms with Crippen LogP contribution in [0.3, 0.4) is 0 Å². The molecule has 0 aliphatic heterocycles. The quantitative estimate of drug-likeness (QED) is 0.806. The van der Waals surface area contributed by atoms with Crippen LogP contribution in [0.4, 0.5) is 0 Å². The molecule has 15 heavy (non-hydrogen) atoms. The van der Waals surface area contributed by atoms with Crippen molar-refractivity contribution in [1.29, 1.82) is 0 Å². The van der Waals surface area contributed by atoms with E-state index in [1.807, 2.05) is 24.3 Å². The molecule has 0 fully saturated rings. The van der Waals surface area contributed by atoms with E-state index in [1.54, 1.807) is 0 Å². The maximum Gasteiger partial charge on any atom is 0.112 e. The average Bonchev–Trinajstić information content (AvgIpc) is 2.61. The minimum atomic E-state index is 0.0948. The largest absolute Gasteiger partial charge is 0.396 e. The molecule has 80 valence electrons. The molecule has 1 aromatic heterocycles. The Hall–Kier alpha value is -1.35. The fourth-order valence-corrected chi connectivity index (χ4v) is 1.76. The van der Waals surface area contributed by atoms with E-state index in [1.165, 1.54) is 0 Å². The van der Waals surface area contributed by atoms with Gasteiger partial charge in [0.05, 0.1) is 17.6 Å². The number of H-pyrrole nitrogens is 1. The molecule has 2 N–H and O–H groups in total. The molecule has 0 aliphatic rings. The van der Waals surface area contributed by atoms with Crippen LogP contribution in [-0.2, 0) is 0 Å². The molecule has 1 atom stereocenters. The lowest BCUT2D eigenvalue weighted by Crippen LogP contribution is -2.12. The average molecular weight is 204 g/mol. The number of hydrogen-bond acceptors (Lipinski definition) is 2. The Morgan fingerprint density at radius 3 is 2.67 bits per heavy atom. The van der Waals surface area contributed by atoms with Gasteiger partial charge >= 0.3 is 0 Å². The highest BCUT2D eigenvalue weighted by atomic mass is 16.3. The van der Waals surface area contributed by atoms with Crippen LogP contribution in [0.25, 0.3) is 11.0 Å². The molecule has 1 heterocycles. The topological polar surface area (TPSA) is 48.9 Å². The van der Waals surface area contributed by atoms with Crippen LogP contribution in [0, 0.1) is 5.92 Å². The van der Waals surface area contributed by atoms with E-state index in [0.29, 0.717) is 5.92 Å². The van der Waals surface area contributed by atoms with Gasteiger partial charge in [-0.05, 0) is 18.1 Å². The molecular weight excluding hydrogens is 188 g/mol. The molecule has 0 saturated carbocycles. The number of para-hydroxylation sites is 2. The summed E-state index contributed by atoms with van der Waals surface area (Å²) in [5, 5.41) is 9.32. The van der Waals surface area contributed by atoms with Gasteiger partial charge in [-0.25, -0.2) is 4.98 Å². The van der Waals surface area contributed by atoms with Gasteiger partial charge in [0.25, 0.3) is 0 Å². The van der Waals surface area contributed by atoms with Crippen LogP contribution < -0.4 is 0 Å². The lowest BCUT2D eigenvalue weighted by molar-refractivity contribution is 0.232. The van der Waals surface area contributed by atoms with Crippen LogP contribution in [0.1, 0.15) is 25.6 Å². The minimum absolute atomic E-state index is 0.0948. The number of imidazole rings is 1. The van der Waals surface area contributed by atoms with Gasteiger partial charge in [-0.3, -0.25) is 0 Å². The molecular formula is C12H16N2O. The van der Waals surface area contributed by atoms with Gasteiger partial charge in [0.15, 0.2) is 0 Å². The highest BCUT2D eigenvalue weighted by molar-refractivity contribution is 5.74. The normalized spacial score (nSPS) is 13.6. The van der Waals surface area contributed by atoms with E-state index in [4.69, 9.17) is 0 Å². The molecule has 2 rings (SSSR count). The van der Waals surface area contributed by atoms with Gasteiger partial charge in [-0.1, -0.05) is 26.0 Å². The first-order valence-electron chi connectivity index (χ1n) is 5.28. The third-order valence-electron chi connectivity index (χ3n) is 2.76. The minimum Gasteiger partial charge on any atom is -0.396 e. The SMILES string of the molecule is CC(C)C(CO)c1nc2ccccc2[nH]1. The van der Waals surface area contributed by atoms with Crippen molar-refractivity contribution in [3.63, 3.8) is 0 Å². The number of aromatic nitrogens is 2. The van der Waals surface area contributed by atoms with Gasteiger partial charge in [0.1, 0.15) is 5.82 Å². The predicted octanol–water partition coefficient (Wildman–Crippen LogP) is 2.29. The molecule has 0 aliphatic carbocycles. The van der Waals surface area contributed by atoms with Crippen molar-refractivity contribution < 1.29 is 5.11 Å². The third-order valence-corrected chi connectivity index (χ3v) is 2.76. The van der Waals surface area contributed by atoms with Gasteiger partial charge < -0.3 is 10.1 Å². The Balaban J connectivity index is 2.43. The number of nitrogens with zero attached hydrogens (tertiary/aromatic N) is 1. The Morgan fingerprint density at radius 1 is 1.33 bits per heavy atom. The molecule has 0 radical (unpaired) electrons. The summed E-state index contributed by atoms with van der Waals surface area (Å²) in [5.74, 6) is 1.36. The summed E-state index contributed by atoms with van der Waals surface area (Å²) < 4.78 is 0. The number of benzene rings is 1. The maximum absolute atomic E-state index is 9.32. The second-order valence-electron chi connectivity index (χ2n) is 4.17.